The van der Waals surface area contributed by atoms with Gasteiger partial charge >= 0.3 is 0 Å². The van der Waals surface area contributed by atoms with Gasteiger partial charge in [0.15, 0.2) is 0 Å². The Kier molecular flexibility index (Phi) is 12.8. The van der Waals surface area contributed by atoms with E-state index in [1.807, 2.05) is 146 Å². The van der Waals surface area contributed by atoms with E-state index in [-0.39, 0.29) is 0 Å². The highest BCUT2D eigenvalue weighted by molar-refractivity contribution is 5.87. The Hall–Kier alpha value is -6.92. The fourth-order valence-electron chi connectivity index (χ4n) is 5.19. The molecule has 0 aromatic heterocycles. The topological polar surface area (TPSA) is 67.9 Å². The minimum atomic E-state index is 0.466. The summed E-state index contributed by atoms with van der Waals surface area (Å²) in [5.41, 5.74) is 9.96. The number of nitrogens with zero attached hydrogens (tertiary/aromatic N) is 4. The van der Waals surface area contributed by atoms with Gasteiger partial charge < -0.3 is 9.47 Å². The van der Waals surface area contributed by atoms with Gasteiger partial charge in [0.1, 0.15) is 24.7 Å². The molecule has 0 unspecified atom stereocenters. The van der Waals surface area contributed by atoms with Crippen LogP contribution in [0.25, 0.3) is 0 Å². The van der Waals surface area contributed by atoms with E-state index in [0.717, 1.165) is 62.9 Å². The number of hydrogen-bond donors (Lipinski definition) is 0. The molecule has 0 heterocycles. The Morgan fingerprint density at radius 2 is 0.736 bits per heavy atom. The Bertz CT molecular complexity index is 2060. The average molecular weight is 693 g/mol. The lowest BCUT2D eigenvalue weighted by molar-refractivity contribution is 0.363. The van der Waals surface area contributed by atoms with Crippen molar-refractivity contribution in [2.45, 2.75) is 6.42 Å². The third kappa shape index (κ3) is 11.6. The van der Waals surface area contributed by atoms with E-state index in [1.54, 1.807) is 12.2 Å². The van der Waals surface area contributed by atoms with Crippen LogP contribution < -0.4 is 9.47 Å². The third-order valence-corrected chi connectivity index (χ3v) is 7.98. The second-order valence-corrected chi connectivity index (χ2v) is 12.1. The Morgan fingerprint density at radius 1 is 0.396 bits per heavy atom. The van der Waals surface area contributed by atoms with E-state index in [9.17, 15) is 0 Å². The predicted octanol–water partition coefficient (Wildman–Crippen LogP) is 11.4. The first-order valence-corrected chi connectivity index (χ1v) is 17.3. The lowest BCUT2D eigenvalue weighted by Crippen LogP contribution is -1.91. The summed E-state index contributed by atoms with van der Waals surface area (Å²) in [5.74, 6) is 1.54. The van der Waals surface area contributed by atoms with Crippen LogP contribution in [0.5, 0.6) is 11.5 Å². The van der Waals surface area contributed by atoms with Crippen LogP contribution in [0.3, 0.4) is 0 Å². The molecule has 0 spiro atoms. The van der Waals surface area contributed by atoms with E-state index in [0.29, 0.717) is 13.2 Å². The highest BCUT2D eigenvalue weighted by Gasteiger charge is 2.00. The zero-order chi connectivity index (χ0) is 36.5. The minimum absolute atomic E-state index is 0.466. The molecule has 6 heteroatoms. The van der Waals surface area contributed by atoms with Crippen molar-refractivity contribution < 1.29 is 9.47 Å². The van der Waals surface area contributed by atoms with Crippen molar-refractivity contribution in [3.63, 3.8) is 0 Å². The number of benzene rings is 6. The zero-order valence-electron chi connectivity index (χ0n) is 29.5. The van der Waals surface area contributed by atoms with Gasteiger partial charge in [-0.2, -0.15) is 0 Å². The van der Waals surface area contributed by atoms with E-state index < -0.39 is 0 Å². The van der Waals surface area contributed by atoms with E-state index in [2.05, 4.69) is 57.4 Å². The van der Waals surface area contributed by atoms with Crippen LogP contribution in [0.2, 0.25) is 0 Å². The van der Waals surface area contributed by atoms with Crippen LogP contribution in [0.4, 0.5) is 22.7 Å². The van der Waals surface area contributed by atoms with Crippen LogP contribution in [0.15, 0.2) is 191 Å². The zero-order valence-corrected chi connectivity index (χ0v) is 29.5. The molecule has 6 aromatic rings. The molecule has 6 aromatic carbocycles. The molecular formula is C47H40N4O2. The van der Waals surface area contributed by atoms with Crippen LogP contribution in [0, 0.1) is 0 Å². The maximum Gasteiger partial charge on any atom is 0.121 e. The van der Waals surface area contributed by atoms with Gasteiger partial charge in [-0.3, -0.25) is 20.0 Å². The first-order chi connectivity index (χ1) is 26.1. The van der Waals surface area contributed by atoms with Crippen LogP contribution >= 0.6 is 0 Å². The lowest BCUT2D eigenvalue weighted by atomic mass is 10.0. The molecule has 0 aliphatic rings. The molecule has 0 radical (unpaired) electrons. The molecular weight excluding hydrogens is 653 g/mol. The summed E-state index contributed by atoms with van der Waals surface area (Å²) in [7, 11) is 0. The molecule has 0 atom stereocenters. The smallest absolute Gasteiger partial charge is 0.121 e. The standard InChI is InChI=1S/C47H40N4O2/c1-3-27-52-46-9-5-7-44(30-46)50-34-40-15-11-38(12-16-40)32-48-42-23-19-36(20-24-42)29-37-21-25-43(26-22-37)49-33-39-13-17-41(18-14-39)35-51-45-8-6-10-47(31-45)53-28-4-2/h3-26,30-35H,1-2,27-29H2. The summed E-state index contributed by atoms with van der Waals surface area (Å²) in [6.07, 6.45) is 11.7. The van der Waals surface area contributed by atoms with Crippen LogP contribution in [0.1, 0.15) is 33.4 Å². The summed E-state index contributed by atoms with van der Waals surface area (Å²) in [6.45, 7) is 8.30. The van der Waals surface area contributed by atoms with Gasteiger partial charge in [0, 0.05) is 37.0 Å². The van der Waals surface area contributed by atoms with Gasteiger partial charge in [-0.15, -0.1) is 0 Å². The largest absolute Gasteiger partial charge is 0.489 e. The molecule has 6 nitrogen and oxygen atoms in total. The molecule has 0 fully saturated rings. The maximum atomic E-state index is 5.59. The van der Waals surface area contributed by atoms with Crippen molar-refractivity contribution in [1.82, 2.24) is 0 Å². The SMILES string of the molecule is C=CCOc1cccc(N=Cc2ccc(C=Nc3ccc(Cc4ccc(N=Cc5ccc(C=Nc6cccc(OCC=C)c6)cc5)cc4)cc3)cc2)c1. The summed E-state index contributed by atoms with van der Waals surface area (Å²) in [6, 6.07) is 48.3. The highest BCUT2D eigenvalue weighted by Crippen LogP contribution is 2.22. The maximum absolute atomic E-state index is 5.59. The first kappa shape index (κ1) is 35.9. The fraction of sp³-hybridized carbons (Fsp3) is 0.0638. The monoisotopic (exact) mass is 692 g/mol. The first-order valence-electron chi connectivity index (χ1n) is 17.3. The molecule has 0 amide bonds. The van der Waals surface area contributed by atoms with Crippen LogP contribution in [-0.4, -0.2) is 38.1 Å². The van der Waals surface area contributed by atoms with Crippen molar-refractivity contribution >= 4 is 47.6 Å². The second-order valence-electron chi connectivity index (χ2n) is 12.1. The quantitative estimate of drug-likeness (QED) is 0.0748. The molecule has 260 valence electrons. The fourth-order valence-corrected chi connectivity index (χ4v) is 5.19. The van der Waals surface area contributed by atoms with E-state index in [4.69, 9.17) is 9.47 Å². The second kappa shape index (κ2) is 18.9. The molecule has 53 heavy (non-hydrogen) atoms. The van der Waals surface area contributed by atoms with Crippen LogP contribution in [-0.2, 0) is 6.42 Å². The summed E-state index contributed by atoms with van der Waals surface area (Å²) in [4.78, 5) is 18.5. The number of hydrogen-bond acceptors (Lipinski definition) is 6. The Morgan fingerprint density at radius 3 is 1.08 bits per heavy atom. The van der Waals surface area contributed by atoms with Crippen molar-refractivity contribution in [1.29, 1.82) is 0 Å². The van der Waals surface area contributed by atoms with Gasteiger partial charge in [-0.05, 0) is 88.3 Å². The van der Waals surface area contributed by atoms with Crippen molar-refractivity contribution in [3.05, 3.63) is 204 Å². The van der Waals surface area contributed by atoms with Gasteiger partial charge in [0.05, 0.1) is 22.7 Å². The highest BCUT2D eigenvalue weighted by atomic mass is 16.5. The predicted molar refractivity (Wildman–Crippen MR) is 222 cm³/mol. The molecule has 0 aliphatic heterocycles. The average Bonchev–Trinajstić information content (AvgIpc) is 3.21. The molecule has 0 aliphatic carbocycles. The van der Waals surface area contributed by atoms with Gasteiger partial charge in [-0.1, -0.05) is 110 Å². The summed E-state index contributed by atoms with van der Waals surface area (Å²) in [5, 5.41) is 0. The third-order valence-electron chi connectivity index (χ3n) is 7.98. The van der Waals surface area contributed by atoms with E-state index in [1.165, 1.54) is 11.1 Å². The Labute approximate surface area is 311 Å². The van der Waals surface area contributed by atoms with Gasteiger partial charge in [0.25, 0.3) is 0 Å². The van der Waals surface area contributed by atoms with Gasteiger partial charge in [-0.25, -0.2) is 0 Å². The molecule has 0 saturated heterocycles. The molecule has 6 rings (SSSR count). The number of aliphatic imine (C=N–C) groups is 4. The van der Waals surface area contributed by atoms with Gasteiger partial charge in [0.2, 0.25) is 0 Å². The number of rotatable bonds is 16. The molecule has 0 saturated carbocycles. The Balaban J connectivity index is 0.965. The molecule has 0 bridgehead atoms. The minimum Gasteiger partial charge on any atom is -0.489 e. The molecule has 0 N–H and O–H groups in total. The van der Waals surface area contributed by atoms with Crippen molar-refractivity contribution in [3.8, 4) is 11.5 Å². The normalized spacial score (nSPS) is 11.5. The summed E-state index contributed by atoms with van der Waals surface area (Å²) >= 11 is 0. The summed E-state index contributed by atoms with van der Waals surface area (Å²) < 4.78 is 11.2. The lowest BCUT2D eigenvalue weighted by Gasteiger charge is -2.04. The van der Waals surface area contributed by atoms with Crippen molar-refractivity contribution in [2.24, 2.45) is 20.0 Å². The number of ether oxygens (including phenoxy) is 2. The van der Waals surface area contributed by atoms with Crippen molar-refractivity contribution in [2.75, 3.05) is 13.2 Å². The van der Waals surface area contributed by atoms with E-state index >= 15 is 0 Å².